The van der Waals surface area contributed by atoms with Crippen LogP contribution in [-0.4, -0.2) is 66.8 Å². The van der Waals surface area contributed by atoms with Crippen LogP contribution in [0.2, 0.25) is 5.02 Å². The van der Waals surface area contributed by atoms with Gasteiger partial charge in [-0.05, 0) is 18.6 Å². The molecule has 0 aliphatic carbocycles. The molecule has 4 N–H and O–H groups in total. The Balaban J connectivity index is 0.000000754. The molecule has 136 valence electrons. The number of carboxylic acid groups (broad SMARTS) is 2. The molecule has 1 aromatic rings. The van der Waals surface area contributed by atoms with Gasteiger partial charge in [0.15, 0.2) is 0 Å². The third-order valence-corrected chi connectivity index (χ3v) is 2.83. The Hall–Kier alpha value is -1.87. The van der Waals surface area contributed by atoms with Gasteiger partial charge in [0.1, 0.15) is 12.4 Å². The van der Waals surface area contributed by atoms with Gasteiger partial charge in [-0.3, -0.25) is 0 Å². The molecular weight excluding hydrogens is 342 g/mol. The number of aliphatic carboxylic acids is 2. The van der Waals surface area contributed by atoms with E-state index in [1.54, 1.807) is 0 Å². The van der Waals surface area contributed by atoms with E-state index in [2.05, 4.69) is 5.32 Å². The lowest BCUT2D eigenvalue weighted by molar-refractivity contribution is -0.159. The third-order valence-electron chi connectivity index (χ3n) is 2.53. The minimum absolute atomic E-state index is 0.148. The van der Waals surface area contributed by atoms with Gasteiger partial charge >= 0.3 is 11.9 Å². The molecule has 1 aromatic carbocycles. The largest absolute Gasteiger partial charge is 0.489 e. The summed E-state index contributed by atoms with van der Waals surface area (Å²) in [7, 11) is 0. The van der Waals surface area contributed by atoms with Crippen molar-refractivity contribution >= 4 is 23.5 Å². The van der Waals surface area contributed by atoms with Crippen LogP contribution < -0.4 is 10.1 Å². The summed E-state index contributed by atoms with van der Waals surface area (Å²) in [4.78, 5) is 18.2. The highest BCUT2D eigenvalue weighted by Gasteiger charge is 2.04. The van der Waals surface area contributed by atoms with E-state index in [1.165, 1.54) is 0 Å². The van der Waals surface area contributed by atoms with Gasteiger partial charge in [0, 0.05) is 13.1 Å². The maximum Gasteiger partial charge on any atom is 0.414 e. The maximum absolute atomic E-state index is 9.10. The number of halogens is 1. The van der Waals surface area contributed by atoms with Crippen LogP contribution in [-0.2, 0) is 14.3 Å². The van der Waals surface area contributed by atoms with Crippen LogP contribution >= 0.6 is 11.6 Å². The second-order valence-electron chi connectivity index (χ2n) is 4.43. The minimum atomic E-state index is -1.82. The van der Waals surface area contributed by atoms with Gasteiger partial charge in [0.05, 0.1) is 24.8 Å². The van der Waals surface area contributed by atoms with Crippen molar-refractivity contribution in [3.8, 4) is 5.75 Å². The summed E-state index contributed by atoms with van der Waals surface area (Å²) in [5, 5.41) is 27.0. The highest BCUT2D eigenvalue weighted by atomic mass is 35.5. The number of aryl methyl sites for hydroxylation is 1. The zero-order chi connectivity index (χ0) is 18.4. The van der Waals surface area contributed by atoms with Crippen LogP contribution in [0.1, 0.15) is 5.56 Å². The number of nitrogens with one attached hydrogen (secondary N) is 1. The highest BCUT2D eigenvalue weighted by Crippen LogP contribution is 2.27. The van der Waals surface area contributed by atoms with Crippen molar-refractivity contribution in [2.45, 2.75) is 6.92 Å². The Labute approximate surface area is 145 Å². The lowest BCUT2D eigenvalue weighted by Gasteiger charge is -2.11. The Morgan fingerprint density at radius 1 is 1.12 bits per heavy atom. The number of carbonyl (C=O) groups is 2. The predicted molar refractivity (Wildman–Crippen MR) is 87.7 cm³/mol. The van der Waals surface area contributed by atoms with Crippen LogP contribution in [0.3, 0.4) is 0 Å². The normalized spacial score (nSPS) is 9.79. The summed E-state index contributed by atoms with van der Waals surface area (Å²) in [6.45, 7) is 5.03. The van der Waals surface area contributed by atoms with E-state index in [0.29, 0.717) is 31.4 Å². The monoisotopic (exact) mass is 363 g/mol. The highest BCUT2D eigenvalue weighted by molar-refractivity contribution is 6.32. The van der Waals surface area contributed by atoms with Crippen molar-refractivity contribution in [3.05, 3.63) is 28.8 Å². The number of rotatable bonds is 9. The van der Waals surface area contributed by atoms with Crippen molar-refractivity contribution in [3.63, 3.8) is 0 Å². The standard InChI is InChI=1S/C13H20ClNO3.C2H2O4/c1-11-3-2-4-12(14)13(11)18-10-9-17-8-6-15-5-7-16;3-1(4)2(5)6/h2-4,15-16H,5-10H2,1H3;(H,3,4)(H,5,6). The fourth-order valence-corrected chi connectivity index (χ4v) is 1.73. The van der Waals surface area contributed by atoms with E-state index in [0.717, 1.165) is 17.9 Å². The predicted octanol–water partition coefficient (Wildman–Crippen LogP) is 0.781. The molecule has 9 heteroatoms. The van der Waals surface area contributed by atoms with Crippen LogP contribution in [0.4, 0.5) is 0 Å². The lowest BCUT2D eigenvalue weighted by Crippen LogP contribution is -2.23. The van der Waals surface area contributed by atoms with Gasteiger partial charge in [0.2, 0.25) is 0 Å². The number of hydrogen-bond acceptors (Lipinski definition) is 6. The van der Waals surface area contributed by atoms with Gasteiger partial charge in [-0.15, -0.1) is 0 Å². The molecule has 1 rings (SSSR count). The summed E-state index contributed by atoms with van der Waals surface area (Å²) in [6, 6.07) is 5.66. The maximum atomic E-state index is 9.10. The van der Waals surface area contributed by atoms with Crippen molar-refractivity contribution in [2.24, 2.45) is 0 Å². The van der Waals surface area contributed by atoms with Crippen molar-refractivity contribution < 1.29 is 34.4 Å². The number of para-hydroxylation sites is 1. The first-order valence-electron chi connectivity index (χ1n) is 7.13. The second kappa shape index (κ2) is 13.6. The topological polar surface area (TPSA) is 125 Å². The smallest absolute Gasteiger partial charge is 0.414 e. The molecule has 0 radical (unpaired) electrons. The van der Waals surface area contributed by atoms with Gasteiger partial charge in [-0.25, -0.2) is 9.59 Å². The van der Waals surface area contributed by atoms with Gasteiger partial charge in [-0.1, -0.05) is 23.7 Å². The van der Waals surface area contributed by atoms with E-state index in [9.17, 15) is 0 Å². The zero-order valence-corrected chi connectivity index (χ0v) is 14.1. The van der Waals surface area contributed by atoms with Gasteiger partial charge in [0.25, 0.3) is 0 Å². The zero-order valence-electron chi connectivity index (χ0n) is 13.3. The van der Waals surface area contributed by atoms with Crippen molar-refractivity contribution in [1.29, 1.82) is 0 Å². The van der Waals surface area contributed by atoms with E-state index >= 15 is 0 Å². The Morgan fingerprint density at radius 2 is 1.79 bits per heavy atom. The SMILES string of the molecule is Cc1cccc(Cl)c1OCCOCCNCCO.O=C(O)C(=O)O. The average Bonchev–Trinajstić information content (AvgIpc) is 2.53. The fraction of sp³-hybridized carbons (Fsp3) is 0.467. The molecule has 0 bridgehead atoms. The van der Waals surface area contributed by atoms with Crippen LogP contribution in [0.25, 0.3) is 0 Å². The third kappa shape index (κ3) is 10.8. The van der Waals surface area contributed by atoms with E-state index in [1.807, 2.05) is 25.1 Å². The summed E-state index contributed by atoms with van der Waals surface area (Å²) in [6.07, 6.45) is 0. The van der Waals surface area contributed by atoms with E-state index in [4.69, 9.17) is 46.0 Å². The van der Waals surface area contributed by atoms with Crippen LogP contribution in [0.5, 0.6) is 5.75 Å². The first-order valence-corrected chi connectivity index (χ1v) is 7.51. The Bertz CT molecular complexity index is 478. The molecule has 0 saturated carbocycles. The first kappa shape index (κ1) is 22.1. The number of benzene rings is 1. The Kier molecular flexibility index (Phi) is 12.5. The molecule has 0 unspecified atom stereocenters. The number of aliphatic hydroxyl groups is 1. The fourth-order valence-electron chi connectivity index (χ4n) is 1.45. The van der Waals surface area contributed by atoms with Crippen molar-refractivity contribution in [2.75, 3.05) is 39.5 Å². The van der Waals surface area contributed by atoms with E-state index < -0.39 is 11.9 Å². The summed E-state index contributed by atoms with van der Waals surface area (Å²) in [5.41, 5.74) is 1.02. The summed E-state index contributed by atoms with van der Waals surface area (Å²) >= 11 is 6.03. The molecule has 0 spiro atoms. The minimum Gasteiger partial charge on any atom is -0.489 e. The molecular formula is C15H22ClNO7. The molecule has 0 amide bonds. The number of hydrogen-bond donors (Lipinski definition) is 4. The van der Waals surface area contributed by atoms with Crippen molar-refractivity contribution in [1.82, 2.24) is 5.32 Å². The van der Waals surface area contributed by atoms with Crippen LogP contribution in [0.15, 0.2) is 18.2 Å². The number of carboxylic acids is 2. The first-order chi connectivity index (χ1) is 11.4. The summed E-state index contributed by atoms with van der Waals surface area (Å²) in [5.74, 6) is -2.92. The molecule has 0 aliphatic rings. The summed E-state index contributed by atoms with van der Waals surface area (Å²) < 4.78 is 10.9. The molecule has 0 aromatic heterocycles. The molecule has 0 atom stereocenters. The Morgan fingerprint density at radius 3 is 2.33 bits per heavy atom. The number of ether oxygens (including phenoxy) is 2. The molecule has 0 heterocycles. The molecule has 8 nitrogen and oxygen atoms in total. The average molecular weight is 364 g/mol. The van der Waals surface area contributed by atoms with Gasteiger partial charge in [-0.2, -0.15) is 0 Å². The lowest BCUT2D eigenvalue weighted by atomic mass is 10.2. The van der Waals surface area contributed by atoms with Gasteiger partial charge < -0.3 is 30.1 Å². The quantitative estimate of drug-likeness (QED) is 0.374. The number of aliphatic hydroxyl groups excluding tert-OH is 1. The molecule has 0 aliphatic heterocycles. The molecule has 24 heavy (non-hydrogen) atoms. The second-order valence-corrected chi connectivity index (χ2v) is 4.84. The molecule has 0 saturated heterocycles. The van der Waals surface area contributed by atoms with E-state index in [-0.39, 0.29) is 6.61 Å². The van der Waals surface area contributed by atoms with Crippen LogP contribution in [0, 0.1) is 6.92 Å². The molecule has 0 fully saturated rings.